The van der Waals surface area contributed by atoms with Gasteiger partial charge in [-0.25, -0.2) is 0 Å². The average Bonchev–Trinajstić information content (AvgIpc) is 2.45. The number of rotatable bonds is 4. The normalized spacial score (nSPS) is 21.9. The van der Waals surface area contributed by atoms with Crippen LogP contribution in [0.2, 0.25) is 5.02 Å². The molecule has 1 aliphatic heterocycles. The molecule has 0 aliphatic carbocycles. The van der Waals surface area contributed by atoms with Gasteiger partial charge < -0.3 is 15.0 Å². The van der Waals surface area contributed by atoms with Crippen LogP contribution in [-0.2, 0) is 4.79 Å². The molecule has 5 heteroatoms. The van der Waals surface area contributed by atoms with Crippen LogP contribution in [0, 0.1) is 12.8 Å². The van der Waals surface area contributed by atoms with E-state index in [1.54, 1.807) is 13.2 Å². The second kappa shape index (κ2) is 7.14. The van der Waals surface area contributed by atoms with Crippen LogP contribution >= 0.6 is 11.6 Å². The lowest BCUT2D eigenvalue weighted by atomic mass is 9.99. The highest BCUT2D eigenvalue weighted by Crippen LogP contribution is 2.30. The molecule has 0 unspecified atom stereocenters. The summed E-state index contributed by atoms with van der Waals surface area (Å²) in [6.45, 7) is 6.85. The molecule has 0 saturated carbocycles. The SMILES string of the molecule is COc1cc(Cl)c(C)cc1NC(=O)C[NH+]1CCC(C)CC1. The minimum Gasteiger partial charge on any atom is -0.495 e. The third kappa shape index (κ3) is 4.35. The number of likely N-dealkylation sites (tertiary alicyclic amines) is 1. The van der Waals surface area contributed by atoms with Crippen LogP contribution in [0.5, 0.6) is 5.75 Å². The molecule has 4 nitrogen and oxygen atoms in total. The molecule has 0 aromatic heterocycles. The lowest BCUT2D eigenvalue weighted by Gasteiger charge is -2.26. The van der Waals surface area contributed by atoms with Crippen molar-refractivity contribution in [1.29, 1.82) is 0 Å². The van der Waals surface area contributed by atoms with Gasteiger partial charge in [0.1, 0.15) is 5.75 Å². The number of amides is 1. The first-order chi connectivity index (χ1) is 9.99. The molecule has 1 aliphatic rings. The zero-order valence-corrected chi connectivity index (χ0v) is 13.7. The summed E-state index contributed by atoms with van der Waals surface area (Å²) < 4.78 is 5.28. The lowest BCUT2D eigenvalue weighted by Crippen LogP contribution is -3.14. The Morgan fingerprint density at radius 2 is 2.10 bits per heavy atom. The number of halogens is 1. The fourth-order valence-corrected chi connectivity index (χ4v) is 2.85. The quantitative estimate of drug-likeness (QED) is 0.892. The molecule has 1 saturated heterocycles. The van der Waals surface area contributed by atoms with Gasteiger partial charge in [0.2, 0.25) is 0 Å². The highest BCUT2D eigenvalue weighted by atomic mass is 35.5. The number of aryl methyl sites for hydroxylation is 1. The third-order valence-electron chi connectivity index (χ3n) is 4.15. The van der Waals surface area contributed by atoms with Gasteiger partial charge in [0, 0.05) is 11.1 Å². The Balaban J connectivity index is 1.98. The molecule has 116 valence electrons. The van der Waals surface area contributed by atoms with Crippen LogP contribution in [0.4, 0.5) is 5.69 Å². The lowest BCUT2D eigenvalue weighted by molar-refractivity contribution is -0.897. The van der Waals surface area contributed by atoms with E-state index in [1.807, 2.05) is 13.0 Å². The van der Waals surface area contributed by atoms with Crippen molar-refractivity contribution in [3.8, 4) is 5.75 Å². The molecule has 1 fully saturated rings. The number of anilines is 1. The van der Waals surface area contributed by atoms with Crippen molar-refractivity contribution in [2.24, 2.45) is 5.92 Å². The van der Waals surface area contributed by atoms with Crippen LogP contribution in [0.25, 0.3) is 0 Å². The number of piperidine rings is 1. The van der Waals surface area contributed by atoms with Crippen LogP contribution in [0.15, 0.2) is 12.1 Å². The Morgan fingerprint density at radius 1 is 1.43 bits per heavy atom. The Hall–Kier alpha value is -1.26. The van der Waals surface area contributed by atoms with Crippen LogP contribution in [0.1, 0.15) is 25.3 Å². The van der Waals surface area contributed by atoms with Gasteiger partial charge in [0.15, 0.2) is 6.54 Å². The van der Waals surface area contributed by atoms with Crippen LogP contribution < -0.4 is 15.0 Å². The maximum Gasteiger partial charge on any atom is 0.279 e. The summed E-state index contributed by atoms with van der Waals surface area (Å²) in [5, 5.41) is 3.58. The van der Waals surface area contributed by atoms with E-state index in [2.05, 4.69) is 12.2 Å². The first kappa shape index (κ1) is 16.1. The number of methoxy groups -OCH3 is 1. The van der Waals surface area contributed by atoms with Gasteiger partial charge in [-0.15, -0.1) is 0 Å². The molecule has 1 aromatic carbocycles. The Bertz CT molecular complexity index is 511. The maximum atomic E-state index is 12.2. The zero-order chi connectivity index (χ0) is 15.4. The number of ether oxygens (including phenoxy) is 1. The number of quaternary nitrogens is 1. The van der Waals surface area contributed by atoms with Gasteiger partial charge in [0.05, 0.1) is 25.9 Å². The third-order valence-corrected chi connectivity index (χ3v) is 4.55. The Morgan fingerprint density at radius 3 is 2.71 bits per heavy atom. The van der Waals surface area contributed by atoms with E-state index in [-0.39, 0.29) is 5.91 Å². The monoisotopic (exact) mass is 311 g/mol. The highest BCUT2D eigenvalue weighted by Gasteiger charge is 2.21. The summed E-state index contributed by atoms with van der Waals surface area (Å²) in [5.74, 6) is 1.41. The topological polar surface area (TPSA) is 42.8 Å². The van der Waals surface area contributed by atoms with Crippen molar-refractivity contribution in [2.75, 3.05) is 32.1 Å². The molecule has 2 rings (SSSR count). The number of nitrogens with one attached hydrogen (secondary N) is 2. The van der Waals surface area contributed by atoms with E-state index in [4.69, 9.17) is 16.3 Å². The van der Waals surface area contributed by atoms with E-state index in [1.165, 1.54) is 17.7 Å². The maximum absolute atomic E-state index is 12.2. The molecule has 0 bridgehead atoms. The molecule has 1 heterocycles. The van der Waals surface area contributed by atoms with E-state index in [0.29, 0.717) is 23.0 Å². The largest absolute Gasteiger partial charge is 0.495 e. The molecule has 21 heavy (non-hydrogen) atoms. The van der Waals surface area contributed by atoms with Crippen LogP contribution in [-0.4, -0.2) is 32.7 Å². The molecule has 2 N–H and O–H groups in total. The van der Waals surface area contributed by atoms with Crippen molar-refractivity contribution in [1.82, 2.24) is 0 Å². The number of hydrogen-bond donors (Lipinski definition) is 2. The molecular formula is C16H24ClN2O2+. The number of benzene rings is 1. The second-order valence-corrected chi connectivity index (χ2v) is 6.37. The number of carbonyl (C=O) groups is 1. The summed E-state index contributed by atoms with van der Waals surface area (Å²) in [4.78, 5) is 13.6. The standard InChI is InChI=1S/C16H23ClN2O2/c1-11-4-6-19(7-5-11)10-16(20)18-14-8-12(2)13(17)9-15(14)21-3/h8-9,11H,4-7,10H2,1-3H3,(H,18,20)/p+1. The summed E-state index contributed by atoms with van der Waals surface area (Å²) in [6.07, 6.45) is 2.40. The van der Waals surface area contributed by atoms with Gasteiger partial charge in [-0.3, -0.25) is 4.79 Å². The molecular weight excluding hydrogens is 288 g/mol. The van der Waals surface area contributed by atoms with Crippen molar-refractivity contribution in [3.63, 3.8) is 0 Å². The first-order valence-corrected chi connectivity index (χ1v) is 7.85. The molecule has 1 aromatic rings. The predicted molar refractivity (Wildman–Crippen MR) is 85.3 cm³/mol. The van der Waals surface area contributed by atoms with E-state index >= 15 is 0 Å². The van der Waals surface area contributed by atoms with Gasteiger partial charge in [0.25, 0.3) is 5.91 Å². The van der Waals surface area contributed by atoms with Gasteiger partial charge in [-0.1, -0.05) is 18.5 Å². The van der Waals surface area contributed by atoms with Gasteiger partial charge >= 0.3 is 0 Å². The highest BCUT2D eigenvalue weighted by molar-refractivity contribution is 6.31. The number of carbonyl (C=O) groups excluding carboxylic acids is 1. The minimum atomic E-state index is 0.0274. The van der Waals surface area contributed by atoms with Crippen molar-refractivity contribution in [3.05, 3.63) is 22.7 Å². The molecule has 0 spiro atoms. The smallest absolute Gasteiger partial charge is 0.279 e. The zero-order valence-electron chi connectivity index (χ0n) is 13.0. The van der Waals surface area contributed by atoms with Crippen molar-refractivity contribution < 1.29 is 14.4 Å². The van der Waals surface area contributed by atoms with Crippen LogP contribution in [0.3, 0.4) is 0 Å². The Labute approximate surface area is 131 Å². The Kier molecular flexibility index (Phi) is 5.48. The number of hydrogen-bond acceptors (Lipinski definition) is 2. The summed E-state index contributed by atoms with van der Waals surface area (Å²) in [5.41, 5.74) is 1.61. The van der Waals surface area contributed by atoms with Crippen molar-refractivity contribution >= 4 is 23.2 Å². The van der Waals surface area contributed by atoms with E-state index < -0.39 is 0 Å². The minimum absolute atomic E-state index is 0.0274. The summed E-state index contributed by atoms with van der Waals surface area (Å²) in [6, 6.07) is 3.59. The fraction of sp³-hybridized carbons (Fsp3) is 0.562. The summed E-state index contributed by atoms with van der Waals surface area (Å²) >= 11 is 6.07. The fourth-order valence-electron chi connectivity index (χ4n) is 2.70. The molecule has 0 radical (unpaired) electrons. The van der Waals surface area contributed by atoms with E-state index in [0.717, 1.165) is 24.6 Å². The average molecular weight is 312 g/mol. The predicted octanol–water partition coefficient (Wildman–Crippen LogP) is 1.91. The van der Waals surface area contributed by atoms with Gasteiger partial charge in [-0.2, -0.15) is 0 Å². The molecule has 1 amide bonds. The summed E-state index contributed by atoms with van der Waals surface area (Å²) in [7, 11) is 1.58. The molecule has 0 atom stereocenters. The second-order valence-electron chi connectivity index (χ2n) is 5.96. The first-order valence-electron chi connectivity index (χ1n) is 7.47. The van der Waals surface area contributed by atoms with Gasteiger partial charge in [-0.05, 0) is 37.3 Å². The van der Waals surface area contributed by atoms with E-state index in [9.17, 15) is 4.79 Å². The van der Waals surface area contributed by atoms with Crippen molar-refractivity contribution in [2.45, 2.75) is 26.7 Å².